The molecule has 86 valence electrons. The largest absolute Gasteiger partial charge is 0.374 e. The number of primary amides is 1. The highest BCUT2D eigenvalue weighted by Gasteiger charge is 2.40. The normalized spacial score (nSPS) is 35.9. The van der Waals surface area contributed by atoms with Gasteiger partial charge in [-0.1, -0.05) is 0 Å². The molecule has 0 aromatic rings. The molecule has 15 heavy (non-hydrogen) atoms. The van der Waals surface area contributed by atoms with Crippen molar-refractivity contribution in [2.75, 3.05) is 24.7 Å². The monoisotopic (exact) mass is 230 g/mol. The van der Waals surface area contributed by atoms with E-state index in [1.807, 2.05) is 11.8 Å². The van der Waals surface area contributed by atoms with Crippen molar-refractivity contribution in [2.24, 2.45) is 5.73 Å². The SMILES string of the molecule is NC(=O)CNC1CCOC2(CCSC2)C1. The van der Waals surface area contributed by atoms with E-state index in [0.29, 0.717) is 6.04 Å². The molecule has 2 aliphatic heterocycles. The molecule has 2 unspecified atom stereocenters. The summed E-state index contributed by atoms with van der Waals surface area (Å²) in [4.78, 5) is 10.7. The molecule has 2 fully saturated rings. The van der Waals surface area contributed by atoms with Gasteiger partial charge >= 0.3 is 0 Å². The maximum absolute atomic E-state index is 10.7. The lowest BCUT2D eigenvalue weighted by Gasteiger charge is -2.38. The Labute approximate surface area is 94.3 Å². The summed E-state index contributed by atoms with van der Waals surface area (Å²) in [5.74, 6) is 2.01. The Kier molecular flexibility index (Phi) is 3.53. The van der Waals surface area contributed by atoms with E-state index in [0.717, 1.165) is 31.6 Å². The van der Waals surface area contributed by atoms with Crippen molar-refractivity contribution in [1.82, 2.24) is 5.32 Å². The molecule has 5 heteroatoms. The molecule has 0 bridgehead atoms. The van der Waals surface area contributed by atoms with E-state index in [4.69, 9.17) is 10.5 Å². The van der Waals surface area contributed by atoms with Crippen molar-refractivity contribution in [2.45, 2.75) is 30.9 Å². The summed E-state index contributed by atoms with van der Waals surface area (Å²) in [5.41, 5.74) is 5.20. The van der Waals surface area contributed by atoms with E-state index >= 15 is 0 Å². The number of nitrogens with two attached hydrogens (primary N) is 1. The van der Waals surface area contributed by atoms with Gasteiger partial charge in [-0.15, -0.1) is 0 Å². The van der Waals surface area contributed by atoms with Crippen LogP contribution in [0.1, 0.15) is 19.3 Å². The quantitative estimate of drug-likeness (QED) is 0.722. The summed E-state index contributed by atoms with van der Waals surface area (Å²) in [7, 11) is 0. The maximum atomic E-state index is 10.7. The van der Waals surface area contributed by atoms with Gasteiger partial charge in [0.15, 0.2) is 0 Å². The summed E-state index contributed by atoms with van der Waals surface area (Å²) in [6.45, 7) is 1.09. The topological polar surface area (TPSA) is 64.4 Å². The van der Waals surface area contributed by atoms with Crippen LogP contribution in [0.5, 0.6) is 0 Å². The summed E-state index contributed by atoms with van der Waals surface area (Å²) < 4.78 is 5.89. The second-order valence-electron chi connectivity index (χ2n) is 4.37. The Hall–Kier alpha value is -0.260. The van der Waals surface area contributed by atoms with Crippen LogP contribution >= 0.6 is 11.8 Å². The van der Waals surface area contributed by atoms with Crippen LogP contribution in [0.2, 0.25) is 0 Å². The molecule has 3 N–H and O–H groups in total. The minimum Gasteiger partial charge on any atom is -0.374 e. The minimum absolute atomic E-state index is 0.0816. The van der Waals surface area contributed by atoms with Crippen LogP contribution in [0, 0.1) is 0 Å². The second kappa shape index (κ2) is 4.72. The number of amides is 1. The first kappa shape index (κ1) is 11.2. The third-order valence-corrected chi connectivity index (χ3v) is 4.35. The van der Waals surface area contributed by atoms with Crippen LogP contribution < -0.4 is 11.1 Å². The van der Waals surface area contributed by atoms with Gasteiger partial charge in [0.25, 0.3) is 0 Å². The Morgan fingerprint density at radius 3 is 3.20 bits per heavy atom. The molecule has 0 aliphatic carbocycles. The minimum atomic E-state index is -0.281. The number of ether oxygens (including phenoxy) is 1. The zero-order chi connectivity index (χ0) is 10.7. The van der Waals surface area contributed by atoms with Gasteiger partial charge in [0.05, 0.1) is 12.1 Å². The molecule has 2 rings (SSSR count). The molecule has 0 radical (unpaired) electrons. The highest BCUT2D eigenvalue weighted by atomic mass is 32.2. The molecule has 2 aliphatic rings. The highest BCUT2D eigenvalue weighted by Crippen LogP contribution is 2.38. The molecule has 4 nitrogen and oxygen atoms in total. The van der Waals surface area contributed by atoms with Crippen molar-refractivity contribution in [1.29, 1.82) is 0 Å². The third kappa shape index (κ3) is 2.86. The predicted molar refractivity (Wildman–Crippen MR) is 60.8 cm³/mol. The van der Waals surface area contributed by atoms with Gasteiger partial charge in [0.2, 0.25) is 5.91 Å². The van der Waals surface area contributed by atoms with E-state index in [2.05, 4.69) is 5.32 Å². The average molecular weight is 230 g/mol. The number of hydrogen-bond donors (Lipinski definition) is 2. The first-order valence-electron chi connectivity index (χ1n) is 5.44. The van der Waals surface area contributed by atoms with E-state index in [-0.39, 0.29) is 18.1 Å². The standard InChI is InChI=1S/C10H18N2O2S/c11-9(13)6-12-8-1-3-14-10(5-8)2-4-15-7-10/h8,12H,1-7H2,(H2,11,13). The van der Waals surface area contributed by atoms with Crippen LogP contribution in [-0.2, 0) is 9.53 Å². The number of rotatable bonds is 3. The predicted octanol–water partition coefficient (Wildman–Crippen LogP) is 0.116. The summed E-state index contributed by atoms with van der Waals surface area (Å²) >= 11 is 1.96. The van der Waals surface area contributed by atoms with Crippen LogP contribution in [0.25, 0.3) is 0 Å². The zero-order valence-corrected chi connectivity index (χ0v) is 9.65. The van der Waals surface area contributed by atoms with Gasteiger partial charge in [-0.25, -0.2) is 0 Å². The zero-order valence-electron chi connectivity index (χ0n) is 8.83. The smallest absolute Gasteiger partial charge is 0.231 e. The summed E-state index contributed by atoms with van der Waals surface area (Å²) in [6, 6.07) is 0.393. The van der Waals surface area contributed by atoms with E-state index in [1.54, 1.807) is 0 Å². The van der Waals surface area contributed by atoms with E-state index < -0.39 is 0 Å². The van der Waals surface area contributed by atoms with Crippen molar-refractivity contribution in [3.63, 3.8) is 0 Å². The molecular weight excluding hydrogens is 212 g/mol. The van der Waals surface area contributed by atoms with Crippen molar-refractivity contribution in [3.8, 4) is 0 Å². The molecule has 2 heterocycles. The Bertz CT molecular complexity index is 242. The number of thioether (sulfide) groups is 1. The molecule has 2 saturated heterocycles. The fourth-order valence-corrected chi connectivity index (χ4v) is 3.69. The van der Waals surface area contributed by atoms with Gasteiger partial charge in [-0.05, 0) is 25.0 Å². The first-order valence-corrected chi connectivity index (χ1v) is 6.59. The van der Waals surface area contributed by atoms with Gasteiger partial charge in [-0.2, -0.15) is 11.8 Å². The number of nitrogens with one attached hydrogen (secondary N) is 1. The fourth-order valence-electron chi connectivity index (χ4n) is 2.31. The maximum Gasteiger partial charge on any atom is 0.231 e. The van der Waals surface area contributed by atoms with Crippen molar-refractivity contribution < 1.29 is 9.53 Å². The van der Waals surface area contributed by atoms with Crippen molar-refractivity contribution in [3.05, 3.63) is 0 Å². The molecule has 0 aromatic carbocycles. The Morgan fingerprint density at radius 2 is 2.53 bits per heavy atom. The number of hydrogen-bond acceptors (Lipinski definition) is 4. The molecular formula is C10H18N2O2S. The van der Waals surface area contributed by atoms with Crippen LogP contribution in [0.3, 0.4) is 0 Å². The third-order valence-electron chi connectivity index (χ3n) is 3.13. The summed E-state index contributed by atoms with van der Waals surface area (Å²) in [5, 5.41) is 3.21. The highest BCUT2D eigenvalue weighted by molar-refractivity contribution is 7.99. The van der Waals surface area contributed by atoms with E-state index in [9.17, 15) is 4.79 Å². The van der Waals surface area contributed by atoms with Gasteiger partial charge in [0.1, 0.15) is 0 Å². The fraction of sp³-hybridized carbons (Fsp3) is 0.900. The van der Waals surface area contributed by atoms with E-state index in [1.165, 1.54) is 5.75 Å². The Morgan fingerprint density at radius 1 is 1.67 bits per heavy atom. The first-order chi connectivity index (χ1) is 7.20. The van der Waals surface area contributed by atoms with Crippen LogP contribution in [0.15, 0.2) is 0 Å². The average Bonchev–Trinajstić information content (AvgIpc) is 2.63. The lowest BCUT2D eigenvalue weighted by atomic mass is 9.90. The van der Waals surface area contributed by atoms with Crippen LogP contribution in [0.4, 0.5) is 0 Å². The molecule has 0 aromatic heterocycles. The van der Waals surface area contributed by atoms with Crippen LogP contribution in [-0.4, -0.2) is 42.2 Å². The molecule has 1 spiro atoms. The molecule has 0 saturated carbocycles. The second-order valence-corrected chi connectivity index (χ2v) is 5.48. The number of carbonyl (C=O) groups excluding carboxylic acids is 1. The van der Waals surface area contributed by atoms with Crippen molar-refractivity contribution >= 4 is 17.7 Å². The Balaban J connectivity index is 1.84. The molecule has 2 atom stereocenters. The lowest BCUT2D eigenvalue weighted by molar-refractivity contribution is -0.118. The summed E-state index contributed by atoms with van der Waals surface area (Å²) in [6.07, 6.45) is 3.15. The number of carbonyl (C=O) groups is 1. The van der Waals surface area contributed by atoms with Gasteiger partial charge < -0.3 is 15.8 Å². The lowest BCUT2D eigenvalue weighted by Crippen LogP contribution is -2.48. The van der Waals surface area contributed by atoms with Gasteiger partial charge in [0, 0.05) is 18.4 Å². The van der Waals surface area contributed by atoms with Gasteiger partial charge in [-0.3, -0.25) is 4.79 Å². The molecule has 1 amide bonds.